The van der Waals surface area contributed by atoms with Crippen molar-refractivity contribution in [1.29, 1.82) is 0 Å². The van der Waals surface area contributed by atoms with Gasteiger partial charge in [-0.2, -0.15) is 5.10 Å². The molecule has 1 aromatic rings. The second-order valence-electron chi connectivity index (χ2n) is 3.53. The van der Waals surface area contributed by atoms with Gasteiger partial charge in [0.25, 0.3) is 0 Å². The highest BCUT2D eigenvalue weighted by atomic mass is 79.9. The molecule has 0 atom stereocenters. The van der Waals surface area contributed by atoms with Crippen molar-refractivity contribution in [1.82, 2.24) is 15.1 Å². The van der Waals surface area contributed by atoms with Gasteiger partial charge in [-0.15, -0.1) is 6.42 Å². The standard InChI is InChI=1S/C10H12BrN3/c1-2-10(3-5-12-6-4-10)14-8-9(11)7-13-14/h1,7-8,12H,3-6H2. The molecule has 1 fully saturated rings. The first-order valence-electron chi connectivity index (χ1n) is 4.66. The zero-order valence-electron chi connectivity index (χ0n) is 7.83. The molecule has 0 bridgehead atoms. The minimum absolute atomic E-state index is 0.225. The molecule has 2 rings (SSSR count). The maximum Gasteiger partial charge on any atom is 0.125 e. The Balaban J connectivity index is 2.32. The van der Waals surface area contributed by atoms with Crippen LogP contribution in [-0.2, 0) is 5.54 Å². The lowest BCUT2D eigenvalue weighted by Gasteiger charge is -2.33. The third kappa shape index (κ3) is 1.58. The van der Waals surface area contributed by atoms with Crippen molar-refractivity contribution >= 4 is 15.9 Å². The van der Waals surface area contributed by atoms with Gasteiger partial charge in [-0.3, -0.25) is 4.68 Å². The molecule has 2 heterocycles. The second-order valence-corrected chi connectivity index (χ2v) is 4.44. The van der Waals surface area contributed by atoms with Gasteiger partial charge < -0.3 is 5.32 Å². The van der Waals surface area contributed by atoms with Crippen LogP contribution in [0.15, 0.2) is 16.9 Å². The molecule has 0 radical (unpaired) electrons. The molecule has 1 N–H and O–H groups in total. The average molecular weight is 254 g/mol. The minimum atomic E-state index is -0.225. The fraction of sp³-hybridized carbons (Fsp3) is 0.500. The van der Waals surface area contributed by atoms with Crippen LogP contribution in [0.3, 0.4) is 0 Å². The second kappa shape index (κ2) is 3.76. The quantitative estimate of drug-likeness (QED) is 0.767. The van der Waals surface area contributed by atoms with Crippen LogP contribution >= 0.6 is 15.9 Å². The molecule has 74 valence electrons. The van der Waals surface area contributed by atoms with E-state index in [-0.39, 0.29) is 5.54 Å². The number of hydrogen-bond acceptors (Lipinski definition) is 2. The number of halogens is 1. The van der Waals surface area contributed by atoms with Crippen molar-refractivity contribution in [3.8, 4) is 12.3 Å². The lowest BCUT2D eigenvalue weighted by molar-refractivity contribution is 0.260. The van der Waals surface area contributed by atoms with E-state index in [1.165, 1.54) is 0 Å². The van der Waals surface area contributed by atoms with Crippen molar-refractivity contribution in [2.24, 2.45) is 0 Å². The van der Waals surface area contributed by atoms with Gasteiger partial charge >= 0.3 is 0 Å². The van der Waals surface area contributed by atoms with Crippen molar-refractivity contribution < 1.29 is 0 Å². The highest BCUT2D eigenvalue weighted by molar-refractivity contribution is 9.10. The first-order chi connectivity index (χ1) is 6.77. The molecule has 0 amide bonds. The van der Waals surface area contributed by atoms with Crippen LogP contribution in [0, 0.1) is 12.3 Å². The van der Waals surface area contributed by atoms with Gasteiger partial charge in [0.05, 0.1) is 10.7 Å². The van der Waals surface area contributed by atoms with E-state index in [1.54, 1.807) is 6.20 Å². The number of nitrogens with zero attached hydrogens (tertiary/aromatic N) is 2. The van der Waals surface area contributed by atoms with E-state index in [9.17, 15) is 0 Å². The number of piperidine rings is 1. The lowest BCUT2D eigenvalue weighted by atomic mass is 9.89. The van der Waals surface area contributed by atoms with Gasteiger partial charge in [-0.25, -0.2) is 0 Å². The summed E-state index contributed by atoms with van der Waals surface area (Å²) in [4.78, 5) is 0. The van der Waals surface area contributed by atoms with Crippen molar-refractivity contribution in [2.75, 3.05) is 13.1 Å². The maximum atomic E-state index is 5.63. The number of nitrogens with one attached hydrogen (secondary N) is 1. The van der Waals surface area contributed by atoms with Gasteiger partial charge in [0.15, 0.2) is 0 Å². The molecule has 0 unspecified atom stereocenters. The Morgan fingerprint density at radius 2 is 2.29 bits per heavy atom. The lowest BCUT2D eigenvalue weighted by Crippen LogP contribution is -2.43. The Morgan fingerprint density at radius 1 is 1.57 bits per heavy atom. The van der Waals surface area contributed by atoms with E-state index < -0.39 is 0 Å². The smallest absolute Gasteiger partial charge is 0.125 e. The van der Waals surface area contributed by atoms with Crippen LogP contribution in [0.4, 0.5) is 0 Å². The van der Waals surface area contributed by atoms with Crippen LogP contribution in [0.2, 0.25) is 0 Å². The number of terminal acetylenes is 1. The third-order valence-electron chi connectivity index (χ3n) is 2.69. The molecule has 0 aliphatic carbocycles. The highest BCUT2D eigenvalue weighted by Crippen LogP contribution is 2.26. The van der Waals surface area contributed by atoms with E-state index in [2.05, 4.69) is 32.3 Å². The molecular formula is C10H12BrN3. The van der Waals surface area contributed by atoms with Crippen LogP contribution < -0.4 is 5.32 Å². The van der Waals surface area contributed by atoms with Gasteiger partial charge in [-0.05, 0) is 41.9 Å². The summed E-state index contributed by atoms with van der Waals surface area (Å²) in [6, 6.07) is 0. The largest absolute Gasteiger partial charge is 0.316 e. The van der Waals surface area contributed by atoms with Gasteiger partial charge in [-0.1, -0.05) is 5.92 Å². The molecule has 1 aromatic heterocycles. The molecule has 3 nitrogen and oxygen atoms in total. The fourth-order valence-electron chi connectivity index (χ4n) is 1.81. The van der Waals surface area contributed by atoms with Crippen LogP contribution in [0.25, 0.3) is 0 Å². The predicted octanol–water partition coefficient (Wildman–Crippen LogP) is 1.36. The molecular weight excluding hydrogens is 242 g/mol. The number of aromatic nitrogens is 2. The number of rotatable bonds is 1. The molecule has 1 aliphatic rings. The molecule has 0 aromatic carbocycles. The monoisotopic (exact) mass is 253 g/mol. The van der Waals surface area contributed by atoms with Crippen LogP contribution in [0.1, 0.15) is 12.8 Å². The first-order valence-corrected chi connectivity index (χ1v) is 5.45. The maximum absolute atomic E-state index is 5.63. The molecule has 1 aliphatic heterocycles. The topological polar surface area (TPSA) is 29.9 Å². The fourth-order valence-corrected chi connectivity index (χ4v) is 2.10. The molecule has 0 spiro atoms. The molecule has 1 saturated heterocycles. The SMILES string of the molecule is C#CC1(n2cc(Br)cn2)CCNCC1. The summed E-state index contributed by atoms with van der Waals surface area (Å²) in [6.07, 6.45) is 11.2. The van der Waals surface area contributed by atoms with Gasteiger partial charge in [0, 0.05) is 6.20 Å². The van der Waals surface area contributed by atoms with Crippen molar-refractivity contribution in [3.63, 3.8) is 0 Å². The molecule has 0 saturated carbocycles. The van der Waals surface area contributed by atoms with E-state index in [4.69, 9.17) is 6.42 Å². The Labute approximate surface area is 92.0 Å². The van der Waals surface area contributed by atoms with Crippen molar-refractivity contribution in [3.05, 3.63) is 16.9 Å². The zero-order chi connectivity index (χ0) is 10.0. The van der Waals surface area contributed by atoms with Crippen LogP contribution in [0.5, 0.6) is 0 Å². The summed E-state index contributed by atoms with van der Waals surface area (Å²) in [5, 5.41) is 7.58. The summed E-state index contributed by atoms with van der Waals surface area (Å²) in [6.45, 7) is 1.92. The van der Waals surface area contributed by atoms with E-state index in [1.807, 2.05) is 10.9 Å². The zero-order valence-corrected chi connectivity index (χ0v) is 9.42. The highest BCUT2D eigenvalue weighted by Gasteiger charge is 2.32. The minimum Gasteiger partial charge on any atom is -0.316 e. The normalized spacial score (nSPS) is 20.3. The summed E-state index contributed by atoms with van der Waals surface area (Å²) in [5.41, 5.74) is -0.225. The predicted molar refractivity (Wildman–Crippen MR) is 58.8 cm³/mol. The van der Waals surface area contributed by atoms with Gasteiger partial charge in [0.2, 0.25) is 0 Å². The van der Waals surface area contributed by atoms with E-state index >= 15 is 0 Å². The van der Waals surface area contributed by atoms with Crippen molar-refractivity contribution in [2.45, 2.75) is 18.4 Å². The summed E-state index contributed by atoms with van der Waals surface area (Å²) in [5.74, 6) is 2.89. The molecule has 14 heavy (non-hydrogen) atoms. The first kappa shape index (κ1) is 9.75. The molecule has 4 heteroatoms. The Kier molecular flexibility index (Phi) is 2.62. The Morgan fingerprint density at radius 3 is 2.79 bits per heavy atom. The van der Waals surface area contributed by atoms with Gasteiger partial charge in [0.1, 0.15) is 5.54 Å². The number of hydrogen-bond donors (Lipinski definition) is 1. The summed E-state index contributed by atoms with van der Waals surface area (Å²) < 4.78 is 2.88. The average Bonchev–Trinajstić information content (AvgIpc) is 2.66. The third-order valence-corrected chi connectivity index (χ3v) is 3.10. The van der Waals surface area contributed by atoms with Crippen LogP contribution in [-0.4, -0.2) is 22.9 Å². The Bertz CT molecular complexity index is 358. The van der Waals surface area contributed by atoms with E-state index in [0.717, 1.165) is 30.4 Å². The summed E-state index contributed by atoms with van der Waals surface area (Å²) in [7, 11) is 0. The van der Waals surface area contributed by atoms with E-state index in [0.29, 0.717) is 0 Å². The summed E-state index contributed by atoms with van der Waals surface area (Å²) >= 11 is 3.38. The Hall–Kier alpha value is -0.790.